The number of ether oxygens (including phenoxy) is 1. The molecule has 7 heteroatoms. The molecule has 0 atom stereocenters. The van der Waals surface area contributed by atoms with Gasteiger partial charge in [0.1, 0.15) is 23.7 Å². The van der Waals surface area contributed by atoms with Crippen LogP contribution in [0.3, 0.4) is 0 Å². The van der Waals surface area contributed by atoms with E-state index in [2.05, 4.69) is 11.9 Å². The molecule has 0 unspecified atom stereocenters. The van der Waals surface area contributed by atoms with Crippen LogP contribution in [0.2, 0.25) is 0 Å². The molecule has 36 heavy (non-hydrogen) atoms. The quantitative estimate of drug-likeness (QED) is 0.276. The average Bonchev–Trinajstić information content (AvgIpc) is 2.81. The first-order valence-electron chi connectivity index (χ1n) is 11.4. The van der Waals surface area contributed by atoms with E-state index in [-0.39, 0.29) is 18.0 Å². The number of aryl methyl sites for hydroxylation is 2. The molecule has 4 amide bonds. The van der Waals surface area contributed by atoms with Crippen molar-refractivity contribution < 1.29 is 23.5 Å². The lowest BCUT2D eigenvalue weighted by Gasteiger charge is -2.27. The molecule has 3 aromatic carbocycles. The Bertz CT molecular complexity index is 1390. The summed E-state index contributed by atoms with van der Waals surface area (Å²) in [5.41, 5.74) is 4.05. The molecule has 1 aliphatic heterocycles. The maximum atomic E-state index is 13.5. The van der Waals surface area contributed by atoms with E-state index in [1.807, 2.05) is 19.9 Å². The third kappa shape index (κ3) is 5.41. The lowest BCUT2D eigenvalue weighted by atomic mass is 10.0. The molecular weight excluding hydrogens is 459 g/mol. The summed E-state index contributed by atoms with van der Waals surface area (Å²) in [5, 5.41) is 2.25. The molecule has 1 saturated heterocycles. The number of amides is 4. The van der Waals surface area contributed by atoms with E-state index in [0.717, 1.165) is 21.6 Å². The molecule has 1 N–H and O–H groups in total. The highest BCUT2D eigenvalue weighted by molar-refractivity contribution is 6.39. The molecule has 1 fully saturated rings. The van der Waals surface area contributed by atoms with Gasteiger partial charge in [0.15, 0.2) is 0 Å². The van der Waals surface area contributed by atoms with Gasteiger partial charge in [-0.1, -0.05) is 30.3 Å². The minimum Gasteiger partial charge on any atom is -0.489 e. The Hall–Kier alpha value is -4.52. The van der Waals surface area contributed by atoms with Gasteiger partial charge in [-0.15, -0.1) is 6.58 Å². The van der Waals surface area contributed by atoms with Crippen molar-refractivity contribution in [3.63, 3.8) is 0 Å². The van der Waals surface area contributed by atoms with E-state index in [4.69, 9.17) is 4.74 Å². The first kappa shape index (κ1) is 24.6. The third-order valence-corrected chi connectivity index (χ3v) is 5.61. The van der Waals surface area contributed by atoms with Crippen LogP contribution in [-0.2, 0) is 22.6 Å². The largest absolute Gasteiger partial charge is 0.489 e. The molecule has 1 aliphatic rings. The second-order valence-electron chi connectivity index (χ2n) is 8.58. The highest BCUT2D eigenvalue weighted by Crippen LogP contribution is 2.27. The Morgan fingerprint density at radius 2 is 1.75 bits per heavy atom. The van der Waals surface area contributed by atoms with Crippen LogP contribution in [0.1, 0.15) is 27.8 Å². The number of anilines is 1. The van der Waals surface area contributed by atoms with Crippen molar-refractivity contribution in [1.82, 2.24) is 5.32 Å². The zero-order valence-corrected chi connectivity index (χ0v) is 20.0. The van der Waals surface area contributed by atoms with E-state index in [9.17, 15) is 18.8 Å². The second kappa shape index (κ2) is 10.4. The number of barbiturate groups is 1. The number of rotatable bonds is 7. The summed E-state index contributed by atoms with van der Waals surface area (Å²) in [5.74, 6) is -1.23. The highest BCUT2D eigenvalue weighted by Gasteiger charge is 2.37. The number of imide groups is 2. The summed E-state index contributed by atoms with van der Waals surface area (Å²) < 4.78 is 19.4. The average molecular weight is 485 g/mol. The predicted octanol–water partition coefficient (Wildman–Crippen LogP) is 5.42. The maximum Gasteiger partial charge on any atom is 0.335 e. The third-order valence-electron chi connectivity index (χ3n) is 5.61. The number of urea groups is 1. The number of carbonyl (C=O) groups excluding carboxylic acids is 3. The molecule has 1 heterocycles. The number of halogens is 1. The molecule has 0 aliphatic carbocycles. The van der Waals surface area contributed by atoms with Crippen LogP contribution in [0, 0.1) is 19.7 Å². The van der Waals surface area contributed by atoms with Gasteiger partial charge in [0.25, 0.3) is 11.8 Å². The number of carbonyl (C=O) groups is 3. The van der Waals surface area contributed by atoms with Crippen molar-refractivity contribution >= 4 is 29.6 Å². The summed E-state index contributed by atoms with van der Waals surface area (Å²) in [7, 11) is 0. The van der Waals surface area contributed by atoms with Crippen molar-refractivity contribution in [1.29, 1.82) is 0 Å². The summed E-state index contributed by atoms with van der Waals surface area (Å²) >= 11 is 0. The maximum absolute atomic E-state index is 13.5. The summed E-state index contributed by atoms with van der Waals surface area (Å²) in [6.45, 7) is 7.69. The fraction of sp³-hybridized carbons (Fsp3) is 0.138. The van der Waals surface area contributed by atoms with Crippen LogP contribution in [0.4, 0.5) is 14.9 Å². The molecule has 182 valence electrons. The van der Waals surface area contributed by atoms with Gasteiger partial charge in [-0.3, -0.25) is 14.9 Å². The molecule has 0 spiro atoms. The lowest BCUT2D eigenvalue weighted by molar-refractivity contribution is -0.122. The van der Waals surface area contributed by atoms with Gasteiger partial charge in [-0.05, 0) is 90.6 Å². The summed E-state index contributed by atoms with van der Waals surface area (Å²) in [6, 6.07) is 15.9. The van der Waals surface area contributed by atoms with Crippen LogP contribution in [-0.4, -0.2) is 17.8 Å². The Balaban J connectivity index is 1.63. The van der Waals surface area contributed by atoms with Gasteiger partial charge < -0.3 is 4.74 Å². The number of allylic oxidation sites excluding steroid dienone is 1. The van der Waals surface area contributed by atoms with E-state index in [1.165, 1.54) is 18.2 Å². The minimum absolute atomic E-state index is 0.160. The Kier molecular flexibility index (Phi) is 7.10. The molecule has 0 saturated carbocycles. The van der Waals surface area contributed by atoms with E-state index in [1.54, 1.807) is 48.5 Å². The number of hydrogen-bond donors (Lipinski definition) is 1. The van der Waals surface area contributed by atoms with Crippen LogP contribution >= 0.6 is 0 Å². The monoisotopic (exact) mass is 484 g/mol. The molecule has 3 aromatic rings. The second-order valence-corrected chi connectivity index (χ2v) is 8.58. The molecule has 0 aromatic heterocycles. The first-order valence-corrected chi connectivity index (χ1v) is 11.4. The number of hydrogen-bond acceptors (Lipinski definition) is 4. The van der Waals surface area contributed by atoms with Gasteiger partial charge >= 0.3 is 6.03 Å². The number of nitrogens with one attached hydrogen (secondary N) is 1. The van der Waals surface area contributed by atoms with Crippen molar-refractivity contribution in [2.45, 2.75) is 26.9 Å². The lowest BCUT2D eigenvalue weighted by Crippen LogP contribution is -2.54. The van der Waals surface area contributed by atoms with E-state index in [0.29, 0.717) is 29.0 Å². The summed E-state index contributed by atoms with van der Waals surface area (Å²) in [6.07, 6.45) is 3.63. The van der Waals surface area contributed by atoms with Gasteiger partial charge in [0, 0.05) is 0 Å². The zero-order valence-electron chi connectivity index (χ0n) is 20.0. The van der Waals surface area contributed by atoms with E-state index < -0.39 is 17.8 Å². The molecule has 6 nitrogen and oxygen atoms in total. The Labute approximate surface area is 208 Å². The van der Waals surface area contributed by atoms with Crippen LogP contribution in [0.5, 0.6) is 5.75 Å². The predicted molar refractivity (Wildman–Crippen MR) is 136 cm³/mol. The molecule has 0 bridgehead atoms. The van der Waals surface area contributed by atoms with Gasteiger partial charge in [0.2, 0.25) is 0 Å². The van der Waals surface area contributed by atoms with Crippen molar-refractivity contribution in [2.75, 3.05) is 4.90 Å². The number of nitrogens with zero attached hydrogens (tertiary/aromatic N) is 1. The van der Waals surface area contributed by atoms with Crippen LogP contribution in [0.25, 0.3) is 6.08 Å². The number of benzene rings is 3. The van der Waals surface area contributed by atoms with Gasteiger partial charge in [-0.2, -0.15) is 0 Å². The van der Waals surface area contributed by atoms with Crippen LogP contribution < -0.4 is 15.0 Å². The smallest absolute Gasteiger partial charge is 0.335 e. The zero-order chi connectivity index (χ0) is 25.8. The minimum atomic E-state index is -0.791. The van der Waals surface area contributed by atoms with Gasteiger partial charge in [0.05, 0.1) is 5.69 Å². The van der Waals surface area contributed by atoms with Crippen LogP contribution in [0.15, 0.2) is 78.9 Å². The first-order chi connectivity index (χ1) is 17.2. The fourth-order valence-electron chi connectivity index (χ4n) is 4.07. The fourth-order valence-corrected chi connectivity index (χ4v) is 4.07. The molecular formula is C29H25FN2O4. The van der Waals surface area contributed by atoms with Crippen molar-refractivity contribution in [3.05, 3.63) is 113 Å². The molecule has 4 rings (SSSR count). The van der Waals surface area contributed by atoms with Crippen molar-refractivity contribution in [3.8, 4) is 5.75 Å². The normalized spacial score (nSPS) is 14.7. The SMILES string of the molecule is C=CCc1cc(/C=C2\C(=O)NC(=O)N(c3cc(C)cc(C)c3)C2=O)ccc1OCc1cccc(F)c1. The Morgan fingerprint density at radius 1 is 1.00 bits per heavy atom. The Morgan fingerprint density at radius 3 is 2.44 bits per heavy atom. The van der Waals surface area contributed by atoms with E-state index >= 15 is 0 Å². The highest BCUT2D eigenvalue weighted by atomic mass is 19.1. The van der Waals surface area contributed by atoms with Gasteiger partial charge in [-0.25, -0.2) is 14.1 Å². The standard InChI is InChI=1S/C29H25FN2O4/c1-4-6-22-14-20(9-10-26(22)36-17-21-7-5-8-23(30)15-21)16-25-27(33)31-29(35)32(28(25)34)24-12-18(2)11-19(3)13-24/h4-5,7-16H,1,6,17H2,2-3H3,(H,31,33,35)/b25-16+. The molecule has 0 radical (unpaired) electrons. The topological polar surface area (TPSA) is 75.7 Å². The van der Waals surface area contributed by atoms with Crippen molar-refractivity contribution in [2.24, 2.45) is 0 Å². The summed E-state index contributed by atoms with van der Waals surface area (Å²) in [4.78, 5) is 39.3.